The minimum absolute atomic E-state index is 0.0390. The molecule has 0 aliphatic carbocycles. The molecule has 0 aromatic carbocycles. The van der Waals surface area contributed by atoms with Crippen molar-refractivity contribution >= 4 is 23.8 Å². The van der Waals surface area contributed by atoms with E-state index in [0.29, 0.717) is 71.7 Å². The summed E-state index contributed by atoms with van der Waals surface area (Å²) in [6, 6.07) is 0. The van der Waals surface area contributed by atoms with Gasteiger partial charge in [-0.1, -0.05) is 34.6 Å². The molecule has 0 fully saturated rings. The van der Waals surface area contributed by atoms with Gasteiger partial charge in [0.05, 0.1) is 46.2 Å². The summed E-state index contributed by atoms with van der Waals surface area (Å²) in [5.74, 6) is 1.37. The molecule has 9 heteroatoms. The highest BCUT2D eigenvalue weighted by molar-refractivity contribution is 8.00. The number of hydrogen-bond acceptors (Lipinski definition) is 7. The number of thioether (sulfide) groups is 1. The first-order chi connectivity index (χ1) is 13.8. The first-order valence-corrected chi connectivity index (χ1v) is 11.3. The summed E-state index contributed by atoms with van der Waals surface area (Å²) in [5.41, 5.74) is 0. The zero-order valence-corrected chi connectivity index (χ0v) is 19.5. The van der Waals surface area contributed by atoms with E-state index in [0.717, 1.165) is 5.75 Å². The van der Waals surface area contributed by atoms with Crippen LogP contribution in [-0.2, 0) is 23.7 Å². The Bertz CT molecular complexity index is 435. The Balaban J connectivity index is 3.34. The topological polar surface area (TPSA) is 95.1 Å². The SMILES string of the molecule is CCSC(C)(C)CC(=O)NCCOCCOCCOCCNC(=O)OCC(C)C. The maximum atomic E-state index is 11.9. The van der Waals surface area contributed by atoms with E-state index in [2.05, 4.69) is 31.4 Å². The lowest BCUT2D eigenvalue weighted by atomic mass is 10.1. The van der Waals surface area contributed by atoms with Gasteiger partial charge in [0.1, 0.15) is 0 Å². The Kier molecular flexibility index (Phi) is 17.2. The van der Waals surface area contributed by atoms with Gasteiger partial charge < -0.3 is 29.6 Å². The number of ether oxygens (including phenoxy) is 4. The summed E-state index contributed by atoms with van der Waals surface area (Å²) in [7, 11) is 0. The molecule has 2 N–H and O–H groups in total. The number of rotatable bonds is 18. The molecular formula is C20H40N2O6S. The fraction of sp³-hybridized carbons (Fsp3) is 0.900. The molecule has 0 unspecified atom stereocenters. The van der Waals surface area contributed by atoms with Crippen LogP contribution in [0.4, 0.5) is 4.79 Å². The van der Waals surface area contributed by atoms with Gasteiger partial charge in [-0.05, 0) is 11.7 Å². The van der Waals surface area contributed by atoms with Crippen LogP contribution in [0.15, 0.2) is 0 Å². The maximum absolute atomic E-state index is 11.9. The highest BCUT2D eigenvalue weighted by atomic mass is 32.2. The molecule has 29 heavy (non-hydrogen) atoms. The molecule has 0 radical (unpaired) electrons. The molecule has 0 spiro atoms. The third-order valence-corrected chi connectivity index (χ3v) is 4.71. The fourth-order valence-electron chi connectivity index (χ4n) is 2.21. The van der Waals surface area contributed by atoms with Crippen molar-refractivity contribution < 1.29 is 28.5 Å². The Morgan fingerprint density at radius 2 is 1.41 bits per heavy atom. The zero-order valence-electron chi connectivity index (χ0n) is 18.7. The molecule has 0 aromatic rings. The molecule has 2 amide bonds. The molecule has 0 aliphatic heterocycles. The predicted octanol–water partition coefficient (Wildman–Crippen LogP) is 2.46. The standard InChI is InChI=1S/C20H40N2O6S/c1-6-29-20(4,5)15-18(23)21-7-9-25-11-13-27-14-12-26-10-8-22-19(24)28-16-17(2)3/h17H,6-16H2,1-5H3,(H,21,23)(H,22,24). The van der Waals surface area contributed by atoms with Crippen molar-refractivity contribution in [1.29, 1.82) is 0 Å². The summed E-state index contributed by atoms with van der Waals surface area (Å²) in [6.07, 6.45) is 0.0824. The van der Waals surface area contributed by atoms with E-state index in [9.17, 15) is 9.59 Å². The second-order valence-electron chi connectivity index (χ2n) is 7.48. The molecule has 0 aliphatic rings. The molecule has 0 rings (SSSR count). The average molecular weight is 437 g/mol. The fourth-order valence-corrected chi connectivity index (χ4v) is 3.23. The smallest absolute Gasteiger partial charge is 0.407 e. The third kappa shape index (κ3) is 20.0. The van der Waals surface area contributed by atoms with Crippen molar-refractivity contribution in [3.8, 4) is 0 Å². The minimum Gasteiger partial charge on any atom is -0.449 e. The van der Waals surface area contributed by atoms with Gasteiger partial charge in [0.25, 0.3) is 0 Å². The number of hydrogen-bond donors (Lipinski definition) is 2. The minimum atomic E-state index is -0.421. The number of nitrogens with one attached hydrogen (secondary N) is 2. The first kappa shape index (κ1) is 28.0. The van der Waals surface area contributed by atoms with Crippen molar-refractivity contribution in [3.63, 3.8) is 0 Å². The Morgan fingerprint density at radius 1 is 0.897 bits per heavy atom. The largest absolute Gasteiger partial charge is 0.449 e. The van der Waals surface area contributed by atoms with Crippen molar-refractivity contribution in [2.75, 3.05) is 65.1 Å². The van der Waals surface area contributed by atoms with Crippen molar-refractivity contribution in [3.05, 3.63) is 0 Å². The van der Waals surface area contributed by atoms with Gasteiger partial charge in [-0.15, -0.1) is 0 Å². The van der Waals surface area contributed by atoms with Crippen LogP contribution in [-0.4, -0.2) is 81.8 Å². The van der Waals surface area contributed by atoms with Gasteiger partial charge >= 0.3 is 6.09 Å². The van der Waals surface area contributed by atoms with E-state index in [4.69, 9.17) is 18.9 Å². The molecule has 8 nitrogen and oxygen atoms in total. The van der Waals surface area contributed by atoms with Crippen LogP contribution in [0.5, 0.6) is 0 Å². The first-order valence-electron chi connectivity index (χ1n) is 10.3. The van der Waals surface area contributed by atoms with Crippen LogP contribution in [0, 0.1) is 5.92 Å². The molecule has 172 valence electrons. The van der Waals surface area contributed by atoms with Crippen LogP contribution in [0.1, 0.15) is 41.0 Å². The van der Waals surface area contributed by atoms with Gasteiger partial charge in [0.2, 0.25) is 5.91 Å². The summed E-state index contributed by atoms with van der Waals surface area (Å²) >= 11 is 1.78. The second-order valence-corrected chi connectivity index (χ2v) is 9.45. The average Bonchev–Trinajstić information content (AvgIpc) is 2.63. The monoisotopic (exact) mass is 436 g/mol. The van der Waals surface area contributed by atoms with Crippen LogP contribution in [0.3, 0.4) is 0 Å². The summed E-state index contributed by atoms with van der Waals surface area (Å²) in [5, 5.41) is 5.49. The predicted molar refractivity (Wildman–Crippen MR) is 116 cm³/mol. The molecule has 0 aromatic heterocycles. The molecule has 0 heterocycles. The van der Waals surface area contributed by atoms with Crippen LogP contribution < -0.4 is 10.6 Å². The van der Waals surface area contributed by atoms with Gasteiger partial charge in [0.15, 0.2) is 0 Å². The van der Waals surface area contributed by atoms with E-state index >= 15 is 0 Å². The Morgan fingerprint density at radius 3 is 1.93 bits per heavy atom. The molecule has 0 saturated heterocycles. The van der Waals surface area contributed by atoms with E-state index in [1.807, 2.05) is 13.8 Å². The number of carbonyl (C=O) groups is 2. The highest BCUT2D eigenvalue weighted by Gasteiger charge is 2.21. The molecule has 0 saturated carbocycles. The molecular weight excluding hydrogens is 396 g/mol. The zero-order chi connectivity index (χ0) is 22.0. The summed E-state index contributed by atoms with van der Waals surface area (Å²) in [4.78, 5) is 23.2. The number of alkyl carbamates (subject to hydrolysis) is 1. The lowest BCUT2D eigenvalue weighted by Gasteiger charge is -2.22. The maximum Gasteiger partial charge on any atom is 0.407 e. The number of amides is 2. The van der Waals surface area contributed by atoms with E-state index in [1.165, 1.54) is 0 Å². The second kappa shape index (κ2) is 17.8. The molecule has 0 atom stereocenters. The highest BCUT2D eigenvalue weighted by Crippen LogP contribution is 2.27. The van der Waals surface area contributed by atoms with Gasteiger partial charge in [-0.2, -0.15) is 11.8 Å². The van der Waals surface area contributed by atoms with Gasteiger partial charge in [-0.3, -0.25) is 4.79 Å². The van der Waals surface area contributed by atoms with Crippen LogP contribution >= 0.6 is 11.8 Å². The summed E-state index contributed by atoms with van der Waals surface area (Å²) < 4.78 is 21.1. The quantitative estimate of drug-likeness (QED) is 0.319. The Hall–Kier alpha value is -1.03. The number of carbonyl (C=O) groups excluding carboxylic acids is 2. The van der Waals surface area contributed by atoms with Crippen molar-refractivity contribution in [2.45, 2.75) is 45.8 Å². The van der Waals surface area contributed by atoms with Gasteiger partial charge in [0, 0.05) is 24.3 Å². The molecule has 0 bridgehead atoms. The van der Waals surface area contributed by atoms with Crippen LogP contribution in [0.2, 0.25) is 0 Å². The van der Waals surface area contributed by atoms with Crippen molar-refractivity contribution in [1.82, 2.24) is 10.6 Å². The van der Waals surface area contributed by atoms with E-state index in [-0.39, 0.29) is 10.7 Å². The lowest BCUT2D eigenvalue weighted by Crippen LogP contribution is -2.33. The van der Waals surface area contributed by atoms with Crippen molar-refractivity contribution in [2.24, 2.45) is 5.92 Å². The normalized spacial score (nSPS) is 11.5. The van der Waals surface area contributed by atoms with E-state index < -0.39 is 6.09 Å². The van der Waals surface area contributed by atoms with E-state index in [1.54, 1.807) is 11.8 Å². The lowest BCUT2D eigenvalue weighted by molar-refractivity contribution is -0.121. The summed E-state index contributed by atoms with van der Waals surface area (Å²) in [6.45, 7) is 14.2. The van der Waals surface area contributed by atoms with Gasteiger partial charge in [-0.25, -0.2) is 4.79 Å². The third-order valence-electron chi connectivity index (χ3n) is 3.50. The van der Waals surface area contributed by atoms with Crippen LogP contribution in [0.25, 0.3) is 0 Å². The Labute approximate surface area is 180 Å².